The van der Waals surface area contributed by atoms with Crippen LogP contribution in [0.15, 0.2) is 24.3 Å². The Hall–Kier alpha value is -0.850. The van der Waals surface area contributed by atoms with E-state index in [4.69, 9.17) is 0 Å². The van der Waals surface area contributed by atoms with Gasteiger partial charge in [0.25, 0.3) is 0 Å². The SMILES string of the molecule is C=CC(C)(C)C1(C=O)CC=C(C)CC1. The van der Waals surface area contributed by atoms with Crippen molar-refractivity contribution < 1.29 is 4.79 Å². The summed E-state index contributed by atoms with van der Waals surface area (Å²) in [7, 11) is 0. The first kappa shape index (κ1) is 11.2. The molecule has 0 bridgehead atoms. The number of carbonyl (C=O) groups is 1. The smallest absolute Gasteiger partial charge is 0.127 e. The van der Waals surface area contributed by atoms with Crippen LogP contribution in [0.25, 0.3) is 0 Å². The Morgan fingerprint density at radius 3 is 2.57 bits per heavy atom. The van der Waals surface area contributed by atoms with Crippen molar-refractivity contribution in [2.75, 3.05) is 0 Å². The first-order valence-corrected chi connectivity index (χ1v) is 5.23. The second kappa shape index (κ2) is 3.72. The standard InChI is InChI=1S/C13H20O/c1-5-12(3,4)13(10-14)8-6-11(2)7-9-13/h5-6,10H,1,7-9H2,2-4H3. The van der Waals surface area contributed by atoms with Crippen molar-refractivity contribution in [1.29, 1.82) is 0 Å². The van der Waals surface area contributed by atoms with Crippen LogP contribution in [0.1, 0.15) is 40.0 Å². The zero-order valence-electron chi connectivity index (χ0n) is 9.47. The van der Waals surface area contributed by atoms with E-state index in [9.17, 15) is 4.79 Å². The van der Waals surface area contributed by atoms with Crippen molar-refractivity contribution in [1.82, 2.24) is 0 Å². The maximum absolute atomic E-state index is 11.3. The van der Waals surface area contributed by atoms with Crippen LogP contribution in [0.2, 0.25) is 0 Å². The summed E-state index contributed by atoms with van der Waals surface area (Å²) in [6.07, 6.45) is 8.10. The van der Waals surface area contributed by atoms with E-state index in [2.05, 4.69) is 33.4 Å². The quantitative estimate of drug-likeness (QED) is 0.494. The molecule has 1 nitrogen and oxygen atoms in total. The van der Waals surface area contributed by atoms with Gasteiger partial charge in [-0.05, 0) is 31.6 Å². The summed E-state index contributed by atoms with van der Waals surface area (Å²) < 4.78 is 0. The molecule has 0 aromatic rings. The Morgan fingerprint density at radius 1 is 1.57 bits per heavy atom. The molecule has 14 heavy (non-hydrogen) atoms. The lowest BCUT2D eigenvalue weighted by Gasteiger charge is -2.42. The summed E-state index contributed by atoms with van der Waals surface area (Å²) in [5, 5.41) is 0. The molecule has 0 saturated carbocycles. The van der Waals surface area contributed by atoms with Crippen LogP contribution in [-0.2, 0) is 4.79 Å². The Bertz CT molecular complexity index is 273. The van der Waals surface area contributed by atoms with Crippen LogP contribution in [0, 0.1) is 10.8 Å². The van der Waals surface area contributed by atoms with Crippen LogP contribution in [-0.4, -0.2) is 6.29 Å². The molecule has 1 aliphatic carbocycles. The monoisotopic (exact) mass is 192 g/mol. The summed E-state index contributed by atoms with van der Waals surface area (Å²) >= 11 is 0. The molecule has 78 valence electrons. The Balaban J connectivity index is 3.00. The first-order chi connectivity index (χ1) is 6.47. The van der Waals surface area contributed by atoms with Crippen molar-refractivity contribution >= 4 is 6.29 Å². The van der Waals surface area contributed by atoms with Gasteiger partial charge in [0.15, 0.2) is 0 Å². The number of hydrogen-bond acceptors (Lipinski definition) is 1. The van der Waals surface area contributed by atoms with Crippen LogP contribution in [0.3, 0.4) is 0 Å². The average molecular weight is 192 g/mol. The van der Waals surface area contributed by atoms with Gasteiger partial charge in [-0.25, -0.2) is 0 Å². The van der Waals surface area contributed by atoms with E-state index >= 15 is 0 Å². The summed E-state index contributed by atoms with van der Waals surface area (Å²) in [6, 6.07) is 0. The van der Waals surface area contributed by atoms with E-state index < -0.39 is 0 Å². The predicted molar refractivity (Wildman–Crippen MR) is 60.1 cm³/mol. The van der Waals surface area contributed by atoms with E-state index in [1.54, 1.807) is 0 Å². The molecule has 1 heteroatoms. The highest BCUT2D eigenvalue weighted by molar-refractivity contribution is 5.62. The van der Waals surface area contributed by atoms with Crippen molar-refractivity contribution in [2.24, 2.45) is 10.8 Å². The van der Waals surface area contributed by atoms with Gasteiger partial charge in [-0.2, -0.15) is 0 Å². The Morgan fingerprint density at radius 2 is 2.21 bits per heavy atom. The highest BCUT2D eigenvalue weighted by atomic mass is 16.1. The van der Waals surface area contributed by atoms with Gasteiger partial charge in [0, 0.05) is 5.41 Å². The van der Waals surface area contributed by atoms with Crippen LogP contribution >= 0.6 is 0 Å². The zero-order valence-corrected chi connectivity index (χ0v) is 9.47. The van der Waals surface area contributed by atoms with Gasteiger partial charge in [-0.15, -0.1) is 6.58 Å². The van der Waals surface area contributed by atoms with E-state index in [-0.39, 0.29) is 10.8 Å². The van der Waals surface area contributed by atoms with Gasteiger partial charge in [0.05, 0.1) is 0 Å². The molecule has 1 aliphatic rings. The molecule has 0 heterocycles. The number of allylic oxidation sites excluding steroid dienone is 3. The zero-order chi connectivity index (χ0) is 10.8. The molecule has 0 aliphatic heterocycles. The Kier molecular flexibility index (Phi) is 2.98. The van der Waals surface area contributed by atoms with Gasteiger partial charge in [-0.3, -0.25) is 0 Å². The minimum Gasteiger partial charge on any atom is -0.303 e. The molecule has 1 rings (SSSR count). The summed E-state index contributed by atoms with van der Waals surface area (Å²) in [6.45, 7) is 10.2. The fourth-order valence-corrected chi connectivity index (χ4v) is 2.03. The van der Waals surface area contributed by atoms with Gasteiger partial charge in [0.1, 0.15) is 6.29 Å². The fourth-order valence-electron chi connectivity index (χ4n) is 2.03. The van der Waals surface area contributed by atoms with Gasteiger partial charge in [-0.1, -0.05) is 31.6 Å². The molecule has 0 aromatic carbocycles. The molecule has 0 fully saturated rings. The summed E-state index contributed by atoms with van der Waals surface area (Å²) in [5.41, 5.74) is 1.07. The van der Waals surface area contributed by atoms with Crippen LogP contribution < -0.4 is 0 Å². The van der Waals surface area contributed by atoms with Crippen LogP contribution in [0.5, 0.6) is 0 Å². The van der Waals surface area contributed by atoms with Gasteiger partial charge >= 0.3 is 0 Å². The molecule has 0 aromatic heterocycles. The Labute approximate surface area is 86.9 Å². The van der Waals surface area contributed by atoms with E-state index in [1.807, 2.05) is 6.08 Å². The number of rotatable bonds is 3. The third kappa shape index (κ3) is 1.68. The van der Waals surface area contributed by atoms with Gasteiger partial charge < -0.3 is 4.79 Å². The van der Waals surface area contributed by atoms with Gasteiger partial charge in [0.2, 0.25) is 0 Å². The number of carbonyl (C=O) groups excluding carboxylic acids is 1. The summed E-state index contributed by atoms with van der Waals surface area (Å²) in [4.78, 5) is 11.3. The highest BCUT2D eigenvalue weighted by Gasteiger charge is 2.43. The summed E-state index contributed by atoms with van der Waals surface area (Å²) in [5.74, 6) is 0. The minimum absolute atomic E-state index is 0.105. The van der Waals surface area contributed by atoms with E-state index in [1.165, 1.54) is 5.57 Å². The second-order valence-electron chi connectivity index (χ2n) is 4.95. The highest BCUT2D eigenvalue weighted by Crippen LogP contribution is 2.48. The van der Waals surface area contributed by atoms with Crippen molar-refractivity contribution in [3.8, 4) is 0 Å². The van der Waals surface area contributed by atoms with E-state index in [0.717, 1.165) is 25.5 Å². The normalized spacial score (nSPS) is 28.1. The molecular formula is C13H20O. The lowest BCUT2D eigenvalue weighted by Crippen LogP contribution is -2.39. The van der Waals surface area contributed by atoms with Crippen molar-refractivity contribution in [3.05, 3.63) is 24.3 Å². The topological polar surface area (TPSA) is 17.1 Å². The molecule has 0 radical (unpaired) electrons. The molecule has 1 atom stereocenters. The lowest BCUT2D eigenvalue weighted by atomic mass is 9.60. The molecular weight excluding hydrogens is 172 g/mol. The van der Waals surface area contributed by atoms with Crippen LogP contribution in [0.4, 0.5) is 0 Å². The largest absolute Gasteiger partial charge is 0.303 e. The minimum atomic E-state index is -0.228. The maximum atomic E-state index is 11.3. The number of hydrogen-bond donors (Lipinski definition) is 0. The van der Waals surface area contributed by atoms with Crippen molar-refractivity contribution in [3.63, 3.8) is 0 Å². The maximum Gasteiger partial charge on any atom is 0.127 e. The molecule has 1 unspecified atom stereocenters. The van der Waals surface area contributed by atoms with E-state index in [0.29, 0.717) is 0 Å². The first-order valence-electron chi connectivity index (χ1n) is 5.23. The fraction of sp³-hybridized carbons (Fsp3) is 0.615. The van der Waals surface area contributed by atoms with Crippen molar-refractivity contribution in [2.45, 2.75) is 40.0 Å². The third-order valence-electron chi connectivity index (χ3n) is 3.80. The number of aldehydes is 1. The molecule has 0 spiro atoms. The molecule has 0 amide bonds. The third-order valence-corrected chi connectivity index (χ3v) is 3.80. The molecule has 0 N–H and O–H groups in total. The average Bonchev–Trinajstić information content (AvgIpc) is 2.19. The predicted octanol–water partition coefficient (Wildman–Crippen LogP) is 3.51. The molecule has 0 saturated heterocycles. The lowest BCUT2D eigenvalue weighted by molar-refractivity contribution is -0.121. The second-order valence-corrected chi connectivity index (χ2v) is 4.95.